The number of halogens is 1. The summed E-state index contributed by atoms with van der Waals surface area (Å²) in [7, 11) is 1.80. The van der Waals surface area contributed by atoms with Crippen LogP contribution in [0.2, 0.25) is 0 Å². The Hall–Kier alpha value is -1.40. The Bertz CT molecular complexity index is 594. The van der Waals surface area contributed by atoms with E-state index in [9.17, 15) is 9.90 Å². The molecule has 1 heterocycles. The Labute approximate surface area is 112 Å². The zero-order valence-electron chi connectivity index (χ0n) is 10.1. The normalized spacial score (nSPS) is 12.7. The molecule has 0 amide bonds. The summed E-state index contributed by atoms with van der Waals surface area (Å²) < 4.78 is 7.10. The predicted molar refractivity (Wildman–Crippen MR) is 70.0 cm³/mol. The second-order valence-electron chi connectivity index (χ2n) is 3.81. The van der Waals surface area contributed by atoms with Gasteiger partial charge in [-0.25, -0.2) is 4.79 Å². The van der Waals surface area contributed by atoms with Gasteiger partial charge in [-0.05, 0) is 28.9 Å². The number of carbonyl (C=O) groups excluding carboxylic acids is 1. The lowest BCUT2D eigenvalue weighted by molar-refractivity contribution is -0.153. The fourth-order valence-electron chi connectivity index (χ4n) is 1.86. The highest BCUT2D eigenvalue weighted by Gasteiger charge is 2.23. The van der Waals surface area contributed by atoms with Gasteiger partial charge in [-0.1, -0.05) is 12.1 Å². The fourth-order valence-corrected chi connectivity index (χ4v) is 2.53. The number of hydrogen-bond acceptors (Lipinski definition) is 4. The molecule has 2 rings (SSSR count). The van der Waals surface area contributed by atoms with Gasteiger partial charge in [0.2, 0.25) is 0 Å². The summed E-state index contributed by atoms with van der Waals surface area (Å²) in [6, 6.07) is 5.33. The fraction of sp³-hybridized carbons (Fsp3) is 0.333. The molecule has 0 fully saturated rings. The Balaban J connectivity index is 2.54. The Morgan fingerprint density at radius 3 is 3.00 bits per heavy atom. The highest BCUT2D eigenvalue weighted by molar-refractivity contribution is 9.10. The number of rotatable bonds is 3. The molecule has 0 bridgehead atoms. The lowest BCUT2D eigenvalue weighted by Gasteiger charge is -2.11. The van der Waals surface area contributed by atoms with Crippen molar-refractivity contribution in [3.63, 3.8) is 0 Å². The largest absolute Gasteiger partial charge is 0.464 e. The van der Waals surface area contributed by atoms with E-state index in [0.717, 1.165) is 10.9 Å². The molecule has 0 saturated heterocycles. The molecule has 0 radical (unpaired) electrons. The van der Waals surface area contributed by atoms with Crippen molar-refractivity contribution in [3.05, 3.63) is 28.4 Å². The number of nitrogens with zero attached hydrogens (tertiary/aromatic N) is 2. The van der Waals surface area contributed by atoms with Crippen LogP contribution in [0.5, 0.6) is 0 Å². The van der Waals surface area contributed by atoms with E-state index in [0.29, 0.717) is 10.2 Å². The molecule has 0 spiro atoms. The Morgan fingerprint density at radius 1 is 1.61 bits per heavy atom. The van der Waals surface area contributed by atoms with E-state index in [2.05, 4.69) is 21.0 Å². The van der Waals surface area contributed by atoms with Gasteiger partial charge >= 0.3 is 5.97 Å². The van der Waals surface area contributed by atoms with Crippen LogP contribution >= 0.6 is 15.9 Å². The van der Waals surface area contributed by atoms with Gasteiger partial charge in [0.15, 0.2) is 6.10 Å². The second-order valence-corrected chi connectivity index (χ2v) is 4.56. The van der Waals surface area contributed by atoms with Crippen LogP contribution in [-0.2, 0) is 16.6 Å². The van der Waals surface area contributed by atoms with Crippen LogP contribution in [0.1, 0.15) is 18.6 Å². The molecule has 0 aliphatic heterocycles. The third kappa shape index (κ3) is 2.13. The lowest BCUT2D eigenvalue weighted by atomic mass is 10.1. The van der Waals surface area contributed by atoms with E-state index in [-0.39, 0.29) is 6.61 Å². The maximum atomic E-state index is 11.6. The smallest absolute Gasteiger partial charge is 0.339 e. The minimum Gasteiger partial charge on any atom is -0.464 e. The van der Waals surface area contributed by atoms with Crippen molar-refractivity contribution in [1.29, 1.82) is 0 Å². The average molecular weight is 313 g/mol. The van der Waals surface area contributed by atoms with Crippen LogP contribution < -0.4 is 0 Å². The summed E-state index contributed by atoms with van der Waals surface area (Å²) in [6.07, 6.45) is -1.30. The van der Waals surface area contributed by atoms with Gasteiger partial charge in [0.25, 0.3) is 0 Å². The van der Waals surface area contributed by atoms with Gasteiger partial charge in [-0.15, -0.1) is 0 Å². The molecule has 1 N–H and O–H groups in total. The van der Waals surface area contributed by atoms with Crippen molar-refractivity contribution >= 4 is 32.8 Å². The first-order valence-electron chi connectivity index (χ1n) is 5.52. The number of aromatic nitrogens is 2. The molecule has 96 valence electrons. The number of esters is 1. The molecule has 0 aliphatic rings. The number of carbonyl (C=O) groups is 1. The van der Waals surface area contributed by atoms with E-state index < -0.39 is 12.1 Å². The van der Waals surface area contributed by atoms with E-state index >= 15 is 0 Å². The molecule has 1 unspecified atom stereocenters. The zero-order chi connectivity index (χ0) is 13.3. The maximum Gasteiger partial charge on any atom is 0.339 e. The van der Waals surface area contributed by atoms with Gasteiger partial charge in [0.05, 0.1) is 12.1 Å². The number of aryl methyl sites for hydroxylation is 1. The molecule has 1 aromatic carbocycles. The van der Waals surface area contributed by atoms with Crippen LogP contribution in [0, 0.1) is 0 Å². The topological polar surface area (TPSA) is 64.3 Å². The first-order valence-corrected chi connectivity index (χ1v) is 6.31. The van der Waals surface area contributed by atoms with Gasteiger partial charge < -0.3 is 9.84 Å². The SMILES string of the molecule is CCOC(=O)C(O)c1cccc2c1c(Br)nn2C. The highest BCUT2D eigenvalue weighted by Crippen LogP contribution is 2.30. The number of fused-ring (bicyclic) bond motifs is 1. The predicted octanol–water partition coefficient (Wildman–Crippen LogP) is 1.93. The number of ether oxygens (including phenoxy) is 1. The number of benzene rings is 1. The number of aliphatic hydroxyl groups is 1. The molecule has 18 heavy (non-hydrogen) atoms. The van der Waals surface area contributed by atoms with Crippen LogP contribution in [0.4, 0.5) is 0 Å². The molecule has 1 atom stereocenters. The average Bonchev–Trinajstić information content (AvgIpc) is 2.65. The third-order valence-corrected chi connectivity index (χ3v) is 3.23. The summed E-state index contributed by atoms with van der Waals surface area (Å²) >= 11 is 3.33. The molecular weight excluding hydrogens is 300 g/mol. The zero-order valence-corrected chi connectivity index (χ0v) is 11.6. The van der Waals surface area contributed by atoms with E-state index in [4.69, 9.17) is 4.74 Å². The molecule has 2 aromatic rings. The summed E-state index contributed by atoms with van der Waals surface area (Å²) in [5, 5.41) is 15.0. The summed E-state index contributed by atoms with van der Waals surface area (Å²) in [4.78, 5) is 11.6. The van der Waals surface area contributed by atoms with Gasteiger partial charge in [0, 0.05) is 18.0 Å². The lowest BCUT2D eigenvalue weighted by Crippen LogP contribution is -2.15. The minimum absolute atomic E-state index is 0.236. The highest BCUT2D eigenvalue weighted by atomic mass is 79.9. The third-order valence-electron chi connectivity index (χ3n) is 2.67. The first-order chi connectivity index (χ1) is 8.56. The van der Waals surface area contributed by atoms with Crippen molar-refractivity contribution in [2.24, 2.45) is 7.05 Å². The van der Waals surface area contributed by atoms with Crippen LogP contribution in [-0.4, -0.2) is 27.5 Å². The second kappa shape index (κ2) is 5.07. The van der Waals surface area contributed by atoms with Gasteiger partial charge in [0.1, 0.15) is 4.60 Å². The summed E-state index contributed by atoms with van der Waals surface area (Å²) in [5.74, 6) is -0.652. The molecule has 0 saturated carbocycles. The summed E-state index contributed by atoms with van der Waals surface area (Å²) in [5.41, 5.74) is 1.33. The Kier molecular flexibility index (Phi) is 3.68. The standard InChI is InChI=1S/C12H13BrN2O3/c1-3-18-12(17)10(16)7-5-4-6-8-9(7)11(13)14-15(8)2/h4-6,10,16H,3H2,1-2H3. The van der Waals surface area contributed by atoms with Crippen LogP contribution in [0.15, 0.2) is 22.8 Å². The minimum atomic E-state index is -1.30. The number of aliphatic hydroxyl groups excluding tert-OH is 1. The van der Waals surface area contributed by atoms with E-state index in [1.807, 2.05) is 6.07 Å². The molecule has 1 aromatic heterocycles. The van der Waals surface area contributed by atoms with E-state index in [1.54, 1.807) is 30.8 Å². The van der Waals surface area contributed by atoms with Crippen molar-refractivity contribution in [2.75, 3.05) is 6.61 Å². The van der Waals surface area contributed by atoms with Crippen molar-refractivity contribution in [2.45, 2.75) is 13.0 Å². The summed E-state index contributed by atoms with van der Waals surface area (Å²) in [6.45, 7) is 1.94. The van der Waals surface area contributed by atoms with Crippen molar-refractivity contribution < 1.29 is 14.6 Å². The van der Waals surface area contributed by atoms with Gasteiger partial charge in [-0.2, -0.15) is 5.10 Å². The number of hydrogen-bond donors (Lipinski definition) is 1. The monoisotopic (exact) mass is 312 g/mol. The van der Waals surface area contributed by atoms with Crippen molar-refractivity contribution in [1.82, 2.24) is 9.78 Å². The molecule has 0 aliphatic carbocycles. The van der Waals surface area contributed by atoms with Crippen molar-refractivity contribution in [3.8, 4) is 0 Å². The molecular formula is C12H13BrN2O3. The molecule has 6 heteroatoms. The molecule has 5 nitrogen and oxygen atoms in total. The van der Waals surface area contributed by atoms with Crippen LogP contribution in [0.3, 0.4) is 0 Å². The quantitative estimate of drug-likeness (QED) is 0.880. The maximum absolute atomic E-state index is 11.6. The Morgan fingerprint density at radius 2 is 2.33 bits per heavy atom. The van der Waals surface area contributed by atoms with Crippen LogP contribution in [0.25, 0.3) is 10.9 Å². The van der Waals surface area contributed by atoms with Gasteiger partial charge in [-0.3, -0.25) is 4.68 Å². The first kappa shape index (κ1) is 13.0. The van der Waals surface area contributed by atoms with E-state index in [1.165, 1.54) is 0 Å².